The van der Waals surface area contributed by atoms with Crippen LogP contribution >= 0.6 is 0 Å². The van der Waals surface area contributed by atoms with Crippen molar-refractivity contribution in [2.45, 2.75) is 18.8 Å². The Labute approximate surface area is 187 Å². The van der Waals surface area contributed by atoms with Crippen molar-refractivity contribution >= 4 is 5.91 Å². The van der Waals surface area contributed by atoms with Gasteiger partial charge in [-0.1, -0.05) is 24.3 Å². The van der Waals surface area contributed by atoms with Gasteiger partial charge in [0.05, 0.1) is 5.69 Å². The highest BCUT2D eigenvalue weighted by Crippen LogP contribution is 2.34. The van der Waals surface area contributed by atoms with Gasteiger partial charge in [-0.15, -0.1) is 0 Å². The van der Waals surface area contributed by atoms with Gasteiger partial charge in [0.25, 0.3) is 5.91 Å². The van der Waals surface area contributed by atoms with Gasteiger partial charge in [-0.2, -0.15) is 0 Å². The van der Waals surface area contributed by atoms with Crippen molar-refractivity contribution in [2.24, 2.45) is 0 Å². The van der Waals surface area contributed by atoms with Crippen LogP contribution in [0.4, 0.5) is 0 Å². The second-order valence-electron chi connectivity index (χ2n) is 7.90. The molecule has 0 bridgehead atoms. The second-order valence-corrected chi connectivity index (χ2v) is 7.90. The van der Waals surface area contributed by atoms with Crippen molar-refractivity contribution in [3.8, 4) is 22.6 Å². The Hall–Kier alpha value is -3.93. The zero-order valence-corrected chi connectivity index (χ0v) is 17.6. The zero-order chi connectivity index (χ0) is 21.8. The minimum absolute atomic E-state index is 0.0692. The van der Waals surface area contributed by atoms with E-state index in [-0.39, 0.29) is 11.8 Å². The Kier molecular flexibility index (Phi) is 5.66. The summed E-state index contributed by atoms with van der Waals surface area (Å²) in [6.45, 7) is 1.39. The minimum Gasteiger partial charge on any atom is -0.338 e. The molecule has 1 saturated heterocycles. The van der Waals surface area contributed by atoms with Crippen LogP contribution in [-0.4, -0.2) is 43.8 Å². The molecule has 1 aliphatic rings. The van der Waals surface area contributed by atoms with Gasteiger partial charge in [-0.3, -0.25) is 14.8 Å². The van der Waals surface area contributed by atoms with Crippen LogP contribution in [0, 0.1) is 0 Å². The van der Waals surface area contributed by atoms with E-state index in [1.54, 1.807) is 18.6 Å². The third-order valence-corrected chi connectivity index (χ3v) is 5.82. The van der Waals surface area contributed by atoms with E-state index in [1.807, 2.05) is 71.8 Å². The van der Waals surface area contributed by atoms with Crippen molar-refractivity contribution in [2.75, 3.05) is 13.1 Å². The van der Waals surface area contributed by atoms with Crippen LogP contribution in [0.2, 0.25) is 0 Å². The summed E-state index contributed by atoms with van der Waals surface area (Å²) in [6.07, 6.45) is 9.07. The number of aromatic nitrogens is 4. The van der Waals surface area contributed by atoms with Gasteiger partial charge in [0, 0.05) is 54.9 Å². The molecule has 1 aliphatic heterocycles. The molecule has 0 aliphatic carbocycles. The Morgan fingerprint density at radius 2 is 1.72 bits per heavy atom. The molecule has 4 aromatic rings. The van der Waals surface area contributed by atoms with Crippen LogP contribution in [-0.2, 0) is 0 Å². The van der Waals surface area contributed by atoms with Crippen molar-refractivity contribution in [1.82, 2.24) is 24.8 Å². The van der Waals surface area contributed by atoms with Crippen LogP contribution in [0.1, 0.15) is 34.8 Å². The minimum atomic E-state index is 0.0692. The number of likely N-dealkylation sites (tertiary alicyclic amines) is 1. The number of rotatable bonds is 4. The van der Waals surface area contributed by atoms with E-state index in [1.165, 1.54) is 0 Å². The lowest BCUT2D eigenvalue weighted by Crippen LogP contribution is -2.39. The lowest BCUT2D eigenvalue weighted by Gasteiger charge is -2.33. The van der Waals surface area contributed by atoms with Gasteiger partial charge >= 0.3 is 0 Å². The zero-order valence-electron chi connectivity index (χ0n) is 17.6. The number of carbonyl (C=O) groups is 1. The first-order valence-corrected chi connectivity index (χ1v) is 10.8. The summed E-state index contributed by atoms with van der Waals surface area (Å²) in [5.41, 5.74) is 4.42. The summed E-state index contributed by atoms with van der Waals surface area (Å²) in [5.74, 6) is 0.787. The molecule has 6 nitrogen and oxygen atoms in total. The Bertz CT molecular complexity index is 1200. The molecular weight excluding hydrogens is 398 g/mol. The van der Waals surface area contributed by atoms with Gasteiger partial charge in [-0.25, -0.2) is 9.97 Å². The van der Waals surface area contributed by atoms with Gasteiger partial charge in [-0.05, 0) is 54.8 Å². The number of hydrogen-bond acceptors (Lipinski definition) is 5. The monoisotopic (exact) mass is 421 g/mol. The summed E-state index contributed by atoms with van der Waals surface area (Å²) in [7, 11) is 0. The van der Waals surface area contributed by atoms with E-state index in [2.05, 4.69) is 15.0 Å². The lowest BCUT2D eigenvalue weighted by atomic mass is 9.89. The molecule has 1 aromatic carbocycles. The number of pyridine rings is 2. The molecule has 158 valence electrons. The van der Waals surface area contributed by atoms with Crippen molar-refractivity contribution in [3.05, 3.63) is 96.7 Å². The molecule has 1 unspecified atom stereocenters. The van der Waals surface area contributed by atoms with Crippen molar-refractivity contribution in [1.29, 1.82) is 0 Å². The van der Waals surface area contributed by atoms with Gasteiger partial charge in [0.2, 0.25) is 0 Å². The Balaban J connectivity index is 1.52. The molecule has 0 spiro atoms. The average molecular weight is 422 g/mol. The van der Waals surface area contributed by atoms with Crippen molar-refractivity contribution < 1.29 is 4.79 Å². The van der Waals surface area contributed by atoms with E-state index >= 15 is 0 Å². The molecule has 1 amide bonds. The highest BCUT2D eigenvalue weighted by molar-refractivity contribution is 5.94. The van der Waals surface area contributed by atoms with Gasteiger partial charge < -0.3 is 4.90 Å². The third kappa shape index (κ3) is 4.12. The molecule has 6 heteroatoms. The van der Waals surface area contributed by atoms with Crippen LogP contribution in [0.25, 0.3) is 22.6 Å². The van der Waals surface area contributed by atoms with E-state index in [0.717, 1.165) is 47.5 Å². The number of piperidine rings is 1. The molecule has 3 aromatic heterocycles. The van der Waals surface area contributed by atoms with Crippen LogP contribution < -0.4 is 0 Å². The van der Waals surface area contributed by atoms with Crippen LogP contribution in [0.15, 0.2) is 85.5 Å². The molecule has 0 saturated carbocycles. The lowest BCUT2D eigenvalue weighted by molar-refractivity contribution is 0.0706. The molecule has 1 fully saturated rings. The fourth-order valence-electron chi connectivity index (χ4n) is 4.23. The number of benzene rings is 1. The fraction of sp³-hybridized carbons (Fsp3) is 0.192. The summed E-state index contributed by atoms with van der Waals surface area (Å²) >= 11 is 0. The maximum atomic E-state index is 13.1. The number of nitrogens with zero attached hydrogens (tertiary/aromatic N) is 5. The van der Waals surface area contributed by atoms with Crippen molar-refractivity contribution in [3.63, 3.8) is 0 Å². The van der Waals surface area contributed by atoms with E-state index in [4.69, 9.17) is 4.98 Å². The smallest absolute Gasteiger partial charge is 0.253 e. The fourth-order valence-corrected chi connectivity index (χ4v) is 4.23. The van der Waals surface area contributed by atoms with E-state index in [0.29, 0.717) is 12.4 Å². The predicted octanol–water partition coefficient (Wildman–Crippen LogP) is 4.62. The molecule has 5 rings (SSSR count). The van der Waals surface area contributed by atoms with E-state index in [9.17, 15) is 4.79 Å². The molecule has 32 heavy (non-hydrogen) atoms. The molecule has 1 atom stereocenters. The standard InChI is InChI=1S/C26H23N5O/c32-26(20-7-2-1-3-8-20)31-16-6-9-21(18-31)24-22(19-11-14-27-15-12-19)17-29-25(30-24)23-10-4-5-13-28-23/h1-5,7-8,10-15,17,21H,6,9,16,18H2. The van der Waals surface area contributed by atoms with Crippen LogP contribution in [0.5, 0.6) is 0 Å². The highest BCUT2D eigenvalue weighted by atomic mass is 16.2. The summed E-state index contributed by atoms with van der Waals surface area (Å²) in [5, 5.41) is 0. The predicted molar refractivity (Wildman–Crippen MR) is 123 cm³/mol. The molecular formula is C26H23N5O. The quantitative estimate of drug-likeness (QED) is 0.481. The Morgan fingerprint density at radius 3 is 2.50 bits per heavy atom. The SMILES string of the molecule is O=C(c1ccccc1)N1CCCC(c2nc(-c3ccccn3)ncc2-c2ccncc2)C1. The summed E-state index contributed by atoms with van der Waals surface area (Å²) in [4.78, 5) is 33.2. The third-order valence-electron chi connectivity index (χ3n) is 5.82. The first kappa shape index (κ1) is 20.0. The first-order chi connectivity index (χ1) is 15.8. The number of hydrogen-bond donors (Lipinski definition) is 0. The maximum absolute atomic E-state index is 13.1. The molecule has 0 radical (unpaired) electrons. The highest BCUT2D eigenvalue weighted by Gasteiger charge is 2.29. The van der Waals surface area contributed by atoms with Gasteiger partial charge in [0.15, 0.2) is 5.82 Å². The molecule has 0 N–H and O–H groups in total. The topological polar surface area (TPSA) is 71.9 Å². The average Bonchev–Trinajstić information content (AvgIpc) is 2.89. The summed E-state index contributed by atoms with van der Waals surface area (Å²) < 4.78 is 0. The first-order valence-electron chi connectivity index (χ1n) is 10.8. The summed E-state index contributed by atoms with van der Waals surface area (Å²) in [6, 6.07) is 19.1. The Morgan fingerprint density at radius 1 is 0.906 bits per heavy atom. The molecule has 4 heterocycles. The normalized spacial score (nSPS) is 16.0. The largest absolute Gasteiger partial charge is 0.338 e. The number of carbonyl (C=O) groups excluding carboxylic acids is 1. The number of amides is 1. The van der Waals surface area contributed by atoms with Gasteiger partial charge in [0.1, 0.15) is 5.69 Å². The second kappa shape index (κ2) is 9.06. The maximum Gasteiger partial charge on any atom is 0.253 e. The van der Waals surface area contributed by atoms with E-state index < -0.39 is 0 Å². The van der Waals surface area contributed by atoms with Crippen LogP contribution in [0.3, 0.4) is 0 Å².